The van der Waals surface area contributed by atoms with E-state index in [1.807, 2.05) is 0 Å². The molecule has 2 aromatic carbocycles. The van der Waals surface area contributed by atoms with Crippen molar-refractivity contribution in [3.8, 4) is 17.2 Å². The van der Waals surface area contributed by atoms with Crippen LogP contribution in [0.5, 0.6) is 17.2 Å². The molecule has 0 radical (unpaired) electrons. The molecule has 0 saturated carbocycles. The van der Waals surface area contributed by atoms with Crippen molar-refractivity contribution in [2.24, 2.45) is 0 Å². The summed E-state index contributed by atoms with van der Waals surface area (Å²) in [4.78, 5) is 21.3. The van der Waals surface area contributed by atoms with Crippen LogP contribution in [0.1, 0.15) is 6.92 Å². The van der Waals surface area contributed by atoms with E-state index < -0.39 is 24.7 Å². The summed E-state index contributed by atoms with van der Waals surface area (Å²) in [6, 6.07) is 9.61. The van der Waals surface area contributed by atoms with E-state index >= 15 is 0 Å². The molecule has 0 spiro atoms. The van der Waals surface area contributed by atoms with Gasteiger partial charge in [0.1, 0.15) is 29.9 Å². The summed E-state index contributed by atoms with van der Waals surface area (Å²) in [7, 11) is -2.67. The third-order valence-electron chi connectivity index (χ3n) is 3.60. The Kier molecular flexibility index (Phi) is 8.16. The molecule has 0 aromatic heterocycles. The van der Waals surface area contributed by atoms with Crippen molar-refractivity contribution in [2.75, 3.05) is 20.3 Å². The Hall–Kier alpha value is -3.14. The van der Waals surface area contributed by atoms with E-state index in [4.69, 9.17) is 23.6 Å². The largest absolute Gasteiger partial charge is 0.513 e. The summed E-state index contributed by atoms with van der Waals surface area (Å²) in [5.41, 5.74) is -0.186. The summed E-state index contributed by atoms with van der Waals surface area (Å²) in [6.45, 7) is 2.02. The average molecular weight is 440 g/mol. The van der Waals surface area contributed by atoms with Gasteiger partial charge in [0.2, 0.25) is 0 Å². The van der Waals surface area contributed by atoms with Crippen LogP contribution in [-0.4, -0.2) is 42.4 Å². The lowest BCUT2D eigenvalue weighted by molar-refractivity contribution is -0.384. The summed E-state index contributed by atoms with van der Waals surface area (Å²) >= 11 is 0. The Morgan fingerprint density at radius 3 is 2.03 bits per heavy atom. The Morgan fingerprint density at radius 2 is 1.57 bits per heavy atom. The quantitative estimate of drug-likeness (QED) is 0.218. The van der Waals surface area contributed by atoms with Gasteiger partial charge < -0.3 is 23.6 Å². The van der Waals surface area contributed by atoms with Crippen LogP contribution in [0.25, 0.3) is 0 Å². The summed E-state index contributed by atoms with van der Waals surface area (Å²) in [5.74, 6) is -0.622. The number of ether oxygens (including phenoxy) is 2. The van der Waals surface area contributed by atoms with E-state index in [-0.39, 0.29) is 17.2 Å². The van der Waals surface area contributed by atoms with Crippen molar-refractivity contribution in [2.45, 2.75) is 13.0 Å². The lowest BCUT2D eigenvalue weighted by atomic mass is 10.3. The maximum absolute atomic E-state index is 13.2. The van der Waals surface area contributed by atoms with Crippen molar-refractivity contribution in [1.82, 2.24) is 5.09 Å². The number of non-ortho nitro benzene ring substituents is 1. The number of methoxy groups -OCH3 is 1. The highest BCUT2D eigenvalue weighted by Crippen LogP contribution is 2.45. The predicted octanol–water partition coefficient (Wildman–Crippen LogP) is 3.25. The SMILES string of the molecule is COCCOc1ccc(OP(=O)(N[C@@H](C)C(=O)O)Oc2ccc([N+](=O)[O-])cc2)cc1. The number of hydrogen-bond donors (Lipinski definition) is 2. The minimum absolute atomic E-state index is 0.00598. The predicted molar refractivity (Wildman–Crippen MR) is 106 cm³/mol. The zero-order valence-corrected chi connectivity index (χ0v) is 17.1. The number of nitrogens with zero attached hydrogens (tertiary/aromatic N) is 1. The van der Waals surface area contributed by atoms with Crippen LogP contribution >= 0.6 is 7.75 Å². The highest BCUT2D eigenvalue weighted by atomic mass is 31.2. The number of rotatable bonds is 12. The first kappa shape index (κ1) is 23.1. The number of nitrogens with one attached hydrogen (secondary N) is 1. The first-order valence-corrected chi connectivity index (χ1v) is 10.2. The Balaban J connectivity index is 2.18. The summed E-state index contributed by atoms with van der Waals surface area (Å²) < 4.78 is 34.3. The van der Waals surface area contributed by atoms with Gasteiger partial charge in [-0.05, 0) is 43.3 Å². The molecule has 0 fully saturated rings. The van der Waals surface area contributed by atoms with E-state index in [9.17, 15) is 19.5 Å². The number of carboxylic acids is 1. The summed E-state index contributed by atoms with van der Waals surface area (Å²) in [5, 5.41) is 22.2. The van der Waals surface area contributed by atoms with E-state index in [0.717, 1.165) is 12.1 Å². The molecule has 2 N–H and O–H groups in total. The van der Waals surface area contributed by atoms with Crippen molar-refractivity contribution in [3.63, 3.8) is 0 Å². The molecule has 0 aliphatic heterocycles. The first-order chi connectivity index (χ1) is 14.2. The van der Waals surface area contributed by atoms with Gasteiger partial charge in [-0.15, -0.1) is 0 Å². The zero-order valence-electron chi connectivity index (χ0n) is 16.2. The maximum Gasteiger partial charge on any atom is 0.513 e. The monoisotopic (exact) mass is 440 g/mol. The van der Waals surface area contributed by atoms with E-state index in [2.05, 4.69) is 5.09 Å². The number of carboxylic acid groups (broad SMARTS) is 1. The first-order valence-electron chi connectivity index (χ1n) is 8.68. The van der Waals surface area contributed by atoms with Crippen LogP contribution in [0.2, 0.25) is 0 Å². The summed E-state index contributed by atoms with van der Waals surface area (Å²) in [6.07, 6.45) is 0. The van der Waals surface area contributed by atoms with Gasteiger partial charge in [-0.1, -0.05) is 0 Å². The number of nitro groups is 1. The molecule has 2 aromatic rings. The van der Waals surface area contributed by atoms with Crippen molar-refractivity contribution in [1.29, 1.82) is 0 Å². The molecule has 12 heteroatoms. The molecule has 0 aliphatic carbocycles. The molecule has 30 heavy (non-hydrogen) atoms. The fraction of sp³-hybridized carbons (Fsp3) is 0.278. The Bertz CT molecular complexity index is 903. The van der Waals surface area contributed by atoms with Gasteiger partial charge in [-0.25, -0.2) is 4.57 Å². The second kappa shape index (κ2) is 10.6. The van der Waals surface area contributed by atoms with Gasteiger partial charge >= 0.3 is 13.7 Å². The lowest BCUT2D eigenvalue weighted by Gasteiger charge is -2.22. The van der Waals surface area contributed by atoms with E-state index in [1.54, 1.807) is 19.2 Å². The number of carbonyl (C=O) groups is 1. The number of hydrogen-bond acceptors (Lipinski definition) is 8. The van der Waals surface area contributed by atoms with Gasteiger partial charge in [-0.3, -0.25) is 14.9 Å². The minimum atomic E-state index is -4.21. The molecule has 0 heterocycles. The van der Waals surface area contributed by atoms with Crippen LogP contribution < -0.4 is 18.9 Å². The number of nitro benzene ring substituents is 1. The minimum Gasteiger partial charge on any atom is -0.491 e. The smallest absolute Gasteiger partial charge is 0.491 e. The molecule has 2 atom stereocenters. The van der Waals surface area contributed by atoms with Crippen molar-refractivity contribution in [3.05, 3.63) is 58.6 Å². The van der Waals surface area contributed by atoms with Crippen molar-refractivity contribution < 1.29 is 37.9 Å². The van der Waals surface area contributed by atoms with Crippen LogP contribution in [0.15, 0.2) is 48.5 Å². The molecule has 2 rings (SSSR count). The normalized spacial score (nSPS) is 13.7. The van der Waals surface area contributed by atoms with Crippen LogP contribution in [0.4, 0.5) is 5.69 Å². The average Bonchev–Trinajstić information content (AvgIpc) is 2.69. The fourth-order valence-corrected chi connectivity index (χ4v) is 3.64. The standard InChI is InChI=1S/C18H21N2O9P/c1-13(18(21)22)19-30(25,28-16-5-3-14(4-6-16)20(23)24)29-17-9-7-15(8-10-17)27-12-11-26-2/h3-10,13H,11-12H2,1-2H3,(H,19,25)(H,21,22)/t13-,30?/m0/s1. The maximum atomic E-state index is 13.2. The third kappa shape index (κ3) is 7.03. The van der Waals surface area contributed by atoms with E-state index in [1.165, 1.54) is 31.2 Å². The lowest BCUT2D eigenvalue weighted by Crippen LogP contribution is -2.34. The van der Waals surface area contributed by atoms with Gasteiger partial charge in [0.15, 0.2) is 0 Å². The molecule has 11 nitrogen and oxygen atoms in total. The van der Waals surface area contributed by atoms with Gasteiger partial charge in [-0.2, -0.15) is 5.09 Å². The molecular weight excluding hydrogens is 419 g/mol. The molecule has 162 valence electrons. The van der Waals surface area contributed by atoms with Gasteiger partial charge in [0, 0.05) is 19.2 Å². The molecule has 0 bridgehead atoms. The Labute approximate surface area is 172 Å². The topological polar surface area (TPSA) is 146 Å². The van der Waals surface area contributed by atoms with Crippen LogP contribution in [0, 0.1) is 10.1 Å². The molecule has 1 unspecified atom stereocenters. The molecular formula is C18H21N2O9P. The van der Waals surface area contributed by atoms with Crippen LogP contribution in [-0.2, 0) is 14.1 Å². The number of aliphatic carboxylic acids is 1. The highest BCUT2D eigenvalue weighted by molar-refractivity contribution is 7.52. The van der Waals surface area contributed by atoms with Crippen molar-refractivity contribution >= 4 is 19.4 Å². The third-order valence-corrected chi connectivity index (χ3v) is 5.21. The fourth-order valence-electron chi connectivity index (χ4n) is 2.11. The Morgan fingerprint density at radius 1 is 1.07 bits per heavy atom. The van der Waals surface area contributed by atoms with Gasteiger partial charge in [0.05, 0.1) is 11.5 Å². The number of benzene rings is 2. The molecule has 0 saturated heterocycles. The second-order valence-corrected chi connectivity index (χ2v) is 7.55. The van der Waals surface area contributed by atoms with Gasteiger partial charge in [0.25, 0.3) is 5.69 Å². The van der Waals surface area contributed by atoms with Crippen LogP contribution in [0.3, 0.4) is 0 Å². The highest BCUT2D eigenvalue weighted by Gasteiger charge is 2.33. The zero-order chi connectivity index (χ0) is 22.1. The second-order valence-electron chi connectivity index (χ2n) is 5.93. The molecule has 0 aliphatic rings. The molecule has 0 amide bonds. The van der Waals surface area contributed by atoms with E-state index in [0.29, 0.717) is 19.0 Å².